The van der Waals surface area contributed by atoms with E-state index < -0.39 is 11.9 Å². The van der Waals surface area contributed by atoms with Crippen LogP contribution in [0.15, 0.2) is 60.2 Å². The number of aromatic carboxylic acids is 1. The zero-order chi connectivity index (χ0) is 25.5. The first kappa shape index (κ1) is 25.6. The molecule has 1 amide bonds. The van der Waals surface area contributed by atoms with Crippen molar-refractivity contribution in [3.8, 4) is 17.6 Å². The van der Waals surface area contributed by atoms with Gasteiger partial charge in [0.1, 0.15) is 18.2 Å². The van der Waals surface area contributed by atoms with Crippen LogP contribution in [-0.2, 0) is 11.4 Å². The van der Waals surface area contributed by atoms with E-state index in [1.165, 1.54) is 25.3 Å². The minimum Gasteiger partial charge on any atom is -0.493 e. The summed E-state index contributed by atoms with van der Waals surface area (Å²) >= 11 is 12.5. The fourth-order valence-corrected chi connectivity index (χ4v) is 3.50. The highest BCUT2D eigenvalue weighted by atomic mass is 35.5. The van der Waals surface area contributed by atoms with Crippen LogP contribution in [0.5, 0.6) is 11.5 Å². The van der Waals surface area contributed by atoms with Crippen LogP contribution in [0.25, 0.3) is 6.08 Å². The lowest BCUT2D eigenvalue weighted by Gasteiger charge is -2.14. The Hall–Kier alpha value is -3.99. The highest BCUT2D eigenvalue weighted by Gasteiger charge is 2.15. The number of carbonyl (C=O) groups is 2. The Morgan fingerprint density at radius 2 is 1.80 bits per heavy atom. The number of methoxy groups -OCH3 is 1. The van der Waals surface area contributed by atoms with Crippen LogP contribution in [0.1, 0.15) is 27.0 Å². The van der Waals surface area contributed by atoms with Crippen molar-refractivity contribution in [2.75, 3.05) is 12.4 Å². The number of carbonyl (C=O) groups excluding carboxylic acids is 1. The van der Waals surface area contributed by atoms with E-state index in [-0.39, 0.29) is 28.5 Å². The normalized spacial score (nSPS) is 10.9. The van der Waals surface area contributed by atoms with Gasteiger partial charge in [-0.15, -0.1) is 0 Å². The molecule has 0 aliphatic rings. The Morgan fingerprint density at radius 3 is 2.40 bits per heavy atom. The van der Waals surface area contributed by atoms with Crippen LogP contribution in [-0.4, -0.2) is 24.1 Å². The first-order valence-corrected chi connectivity index (χ1v) is 11.0. The number of nitrogens with zero attached hydrogens (tertiary/aromatic N) is 1. The van der Waals surface area contributed by atoms with Crippen LogP contribution >= 0.6 is 23.2 Å². The molecule has 0 radical (unpaired) electrons. The molecule has 178 valence electrons. The van der Waals surface area contributed by atoms with Crippen LogP contribution in [0.4, 0.5) is 5.69 Å². The van der Waals surface area contributed by atoms with Gasteiger partial charge in [-0.2, -0.15) is 5.26 Å². The molecule has 3 aromatic rings. The molecular formula is C26H20Cl2N2O5. The van der Waals surface area contributed by atoms with Crippen molar-refractivity contribution < 1.29 is 24.2 Å². The third-order valence-electron chi connectivity index (χ3n) is 4.94. The molecule has 2 N–H and O–H groups in total. The smallest absolute Gasteiger partial charge is 0.335 e. The molecule has 0 aromatic heterocycles. The summed E-state index contributed by atoms with van der Waals surface area (Å²) in [5, 5.41) is 21.9. The molecule has 0 fully saturated rings. The second kappa shape index (κ2) is 11.4. The van der Waals surface area contributed by atoms with E-state index in [1.807, 2.05) is 13.0 Å². The van der Waals surface area contributed by atoms with Gasteiger partial charge in [-0.1, -0.05) is 41.4 Å². The molecule has 0 aliphatic heterocycles. The molecule has 35 heavy (non-hydrogen) atoms. The minimum atomic E-state index is -1.01. The number of benzene rings is 3. The molecule has 0 saturated carbocycles. The SMILES string of the molecule is COc1cc(/C=C(/C#N)C(=O)Nc2ccc(C)c(Cl)c2)cc(Cl)c1OCc1ccc(C(=O)O)cc1. The fourth-order valence-electron chi connectivity index (χ4n) is 3.05. The topological polar surface area (TPSA) is 109 Å². The average Bonchev–Trinajstić information content (AvgIpc) is 2.84. The Bertz CT molecular complexity index is 1350. The Morgan fingerprint density at radius 1 is 1.09 bits per heavy atom. The summed E-state index contributed by atoms with van der Waals surface area (Å²) < 4.78 is 11.2. The summed E-state index contributed by atoms with van der Waals surface area (Å²) in [5.41, 5.74) is 2.54. The molecule has 3 rings (SSSR count). The van der Waals surface area contributed by atoms with E-state index in [0.29, 0.717) is 22.0 Å². The summed E-state index contributed by atoms with van der Waals surface area (Å²) in [6, 6.07) is 16.3. The highest BCUT2D eigenvalue weighted by Crippen LogP contribution is 2.37. The number of hydrogen-bond donors (Lipinski definition) is 2. The maximum Gasteiger partial charge on any atom is 0.335 e. The predicted molar refractivity (Wildman–Crippen MR) is 134 cm³/mol. The molecule has 0 bridgehead atoms. The number of aryl methyl sites for hydroxylation is 1. The number of nitriles is 1. The third kappa shape index (κ3) is 6.54. The van der Waals surface area contributed by atoms with E-state index in [0.717, 1.165) is 11.1 Å². The van der Waals surface area contributed by atoms with Crippen LogP contribution in [0.3, 0.4) is 0 Å². The van der Waals surface area contributed by atoms with Gasteiger partial charge < -0.3 is 19.9 Å². The van der Waals surface area contributed by atoms with E-state index >= 15 is 0 Å². The van der Waals surface area contributed by atoms with Crippen LogP contribution < -0.4 is 14.8 Å². The van der Waals surface area contributed by atoms with Crippen molar-refractivity contribution in [1.29, 1.82) is 5.26 Å². The largest absolute Gasteiger partial charge is 0.493 e. The minimum absolute atomic E-state index is 0.121. The maximum atomic E-state index is 12.6. The van der Waals surface area contributed by atoms with Gasteiger partial charge in [0.15, 0.2) is 11.5 Å². The van der Waals surface area contributed by atoms with Gasteiger partial charge in [0.05, 0.1) is 17.7 Å². The second-order valence-electron chi connectivity index (χ2n) is 7.41. The average molecular weight is 511 g/mol. The molecule has 7 nitrogen and oxygen atoms in total. The molecule has 0 aliphatic carbocycles. The first-order chi connectivity index (χ1) is 16.7. The molecule has 9 heteroatoms. The van der Waals surface area contributed by atoms with Crippen LogP contribution in [0.2, 0.25) is 10.0 Å². The van der Waals surface area contributed by atoms with E-state index in [9.17, 15) is 14.9 Å². The maximum absolute atomic E-state index is 12.6. The molecule has 0 atom stereocenters. The van der Waals surface area contributed by atoms with Crippen LogP contribution in [0, 0.1) is 18.3 Å². The standard InChI is InChI=1S/C26H20Cl2N2O5/c1-15-3-8-20(12-21(15)27)30-25(31)19(13-29)9-17-10-22(28)24(23(11-17)34-2)35-14-16-4-6-18(7-5-16)26(32)33/h3-12H,14H2,1-2H3,(H,30,31)(H,32,33)/b19-9-. The van der Waals surface area contributed by atoms with Gasteiger partial charge >= 0.3 is 5.97 Å². The molecular weight excluding hydrogens is 491 g/mol. The van der Waals surface area contributed by atoms with Gasteiger partial charge in [-0.3, -0.25) is 4.79 Å². The Labute approximate surface area is 212 Å². The van der Waals surface area contributed by atoms with Crippen molar-refractivity contribution in [3.05, 3.63) is 92.5 Å². The zero-order valence-corrected chi connectivity index (χ0v) is 20.3. The number of anilines is 1. The number of halogens is 2. The molecule has 0 unspecified atom stereocenters. The number of carboxylic acids is 1. The van der Waals surface area contributed by atoms with Gasteiger partial charge in [-0.05, 0) is 66.1 Å². The van der Waals surface area contributed by atoms with E-state index in [1.54, 1.807) is 42.5 Å². The second-order valence-corrected chi connectivity index (χ2v) is 8.23. The van der Waals surface area contributed by atoms with Crippen molar-refractivity contribution in [2.24, 2.45) is 0 Å². The summed E-state index contributed by atoms with van der Waals surface area (Å²) in [5.74, 6) is -1.05. The van der Waals surface area contributed by atoms with Crippen molar-refractivity contribution in [1.82, 2.24) is 0 Å². The van der Waals surface area contributed by atoms with Crippen molar-refractivity contribution in [2.45, 2.75) is 13.5 Å². The molecule has 0 spiro atoms. The number of ether oxygens (including phenoxy) is 2. The number of amides is 1. The van der Waals surface area contributed by atoms with Crippen molar-refractivity contribution in [3.63, 3.8) is 0 Å². The van der Waals surface area contributed by atoms with Gasteiger partial charge in [-0.25, -0.2) is 4.79 Å². The Kier molecular flexibility index (Phi) is 8.37. The number of rotatable bonds is 8. The summed E-state index contributed by atoms with van der Waals surface area (Å²) in [7, 11) is 1.44. The first-order valence-electron chi connectivity index (χ1n) is 10.2. The molecule has 0 heterocycles. The highest BCUT2D eigenvalue weighted by molar-refractivity contribution is 6.32. The number of carboxylic acid groups (broad SMARTS) is 1. The monoisotopic (exact) mass is 510 g/mol. The number of hydrogen-bond acceptors (Lipinski definition) is 5. The lowest BCUT2D eigenvalue weighted by molar-refractivity contribution is -0.112. The van der Waals surface area contributed by atoms with E-state index in [4.69, 9.17) is 37.8 Å². The Balaban J connectivity index is 1.79. The van der Waals surface area contributed by atoms with Crippen molar-refractivity contribution >= 4 is 46.8 Å². The zero-order valence-electron chi connectivity index (χ0n) is 18.8. The third-order valence-corrected chi connectivity index (χ3v) is 5.63. The van der Waals surface area contributed by atoms with Gasteiger partial charge in [0.25, 0.3) is 5.91 Å². The summed E-state index contributed by atoms with van der Waals surface area (Å²) in [6.07, 6.45) is 1.38. The quantitative estimate of drug-likeness (QED) is 0.278. The van der Waals surface area contributed by atoms with Gasteiger partial charge in [0, 0.05) is 10.7 Å². The lowest BCUT2D eigenvalue weighted by atomic mass is 10.1. The molecule has 0 saturated heterocycles. The van der Waals surface area contributed by atoms with Gasteiger partial charge in [0.2, 0.25) is 0 Å². The summed E-state index contributed by atoms with van der Waals surface area (Å²) in [4.78, 5) is 23.6. The summed E-state index contributed by atoms with van der Waals surface area (Å²) in [6.45, 7) is 1.96. The number of nitrogens with one attached hydrogen (secondary N) is 1. The lowest BCUT2D eigenvalue weighted by Crippen LogP contribution is -2.13. The van der Waals surface area contributed by atoms with E-state index in [2.05, 4.69) is 5.32 Å². The molecule has 3 aromatic carbocycles. The fraction of sp³-hybridized carbons (Fsp3) is 0.115. The predicted octanol–water partition coefficient (Wildman–Crippen LogP) is 6.13.